The molecule has 1 fully saturated rings. The number of allylic oxidation sites excluding steroid dienone is 1. The van der Waals surface area contributed by atoms with Gasteiger partial charge in [-0.05, 0) is 25.7 Å². The number of hydrogen-bond acceptors (Lipinski definition) is 3. The Morgan fingerprint density at radius 1 is 1.54 bits per heavy atom. The largest absolute Gasteiger partial charge is 0.463 e. The zero-order valence-electron chi connectivity index (χ0n) is 8.08. The normalized spacial score (nSPS) is 19.0. The van der Waals surface area contributed by atoms with Crippen molar-refractivity contribution < 1.29 is 9.53 Å². The molecule has 1 aliphatic rings. The van der Waals surface area contributed by atoms with E-state index in [9.17, 15) is 4.79 Å². The Morgan fingerprint density at radius 3 is 2.69 bits per heavy atom. The molecule has 13 heavy (non-hydrogen) atoms. The highest BCUT2D eigenvalue weighted by molar-refractivity contribution is 5.82. The van der Waals surface area contributed by atoms with Crippen LogP contribution < -0.4 is 5.73 Å². The van der Waals surface area contributed by atoms with Crippen molar-refractivity contribution in [2.75, 3.05) is 6.61 Å². The lowest BCUT2D eigenvalue weighted by atomic mass is 10.0. The first kappa shape index (κ1) is 10.1. The van der Waals surface area contributed by atoms with Gasteiger partial charge in [0.25, 0.3) is 0 Å². The van der Waals surface area contributed by atoms with Gasteiger partial charge in [-0.2, -0.15) is 0 Å². The van der Waals surface area contributed by atoms with E-state index in [0.717, 1.165) is 12.8 Å². The Labute approximate surface area is 78.9 Å². The molecule has 0 aliphatic heterocycles. The van der Waals surface area contributed by atoms with E-state index in [4.69, 9.17) is 10.5 Å². The summed E-state index contributed by atoms with van der Waals surface area (Å²) in [5.74, 6) is 0.0938. The van der Waals surface area contributed by atoms with Crippen molar-refractivity contribution in [3.63, 3.8) is 0 Å². The van der Waals surface area contributed by atoms with Gasteiger partial charge in [-0.25, -0.2) is 4.79 Å². The highest BCUT2D eigenvalue weighted by Gasteiger charge is 2.17. The summed E-state index contributed by atoms with van der Waals surface area (Å²) in [4.78, 5) is 11.0. The molecule has 0 spiro atoms. The van der Waals surface area contributed by atoms with Gasteiger partial charge in [0.2, 0.25) is 0 Å². The van der Waals surface area contributed by atoms with Gasteiger partial charge in [0.15, 0.2) is 0 Å². The molecule has 3 heteroatoms. The highest BCUT2D eigenvalue weighted by atomic mass is 16.5. The molecule has 1 rings (SSSR count). The van der Waals surface area contributed by atoms with Gasteiger partial charge in [-0.1, -0.05) is 12.8 Å². The van der Waals surface area contributed by atoms with Crippen molar-refractivity contribution in [2.45, 2.75) is 32.6 Å². The number of rotatable bonds is 3. The van der Waals surface area contributed by atoms with Gasteiger partial charge in [-0.15, -0.1) is 0 Å². The van der Waals surface area contributed by atoms with Crippen molar-refractivity contribution in [3.8, 4) is 0 Å². The maximum absolute atomic E-state index is 11.0. The number of nitrogens with two attached hydrogens (primary N) is 1. The summed E-state index contributed by atoms with van der Waals surface area (Å²) in [6.45, 7) is 2.20. The van der Waals surface area contributed by atoms with Crippen LogP contribution in [0, 0.1) is 5.92 Å². The summed E-state index contributed by atoms with van der Waals surface area (Å²) in [6, 6.07) is 0. The van der Waals surface area contributed by atoms with E-state index in [1.54, 1.807) is 6.92 Å². The Bertz CT molecular complexity index is 205. The third-order valence-electron chi connectivity index (χ3n) is 2.40. The zero-order valence-corrected chi connectivity index (χ0v) is 8.08. The van der Waals surface area contributed by atoms with Crippen LogP contribution in [-0.2, 0) is 9.53 Å². The van der Waals surface area contributed by atoms with Crippen molar-refractivity contribution in [2.24, 2.45) is 11.7 Å². The van der Waals surface area contributed by atoms with Gasteiger partial charge < -0.3 is 10.5 Å². The molecule has 3 nitrogen and oxygen atoms in total. The summed E-state index contributed by atoms with van der Waals surface area (Å²) in [5, 5.41) is 0. The second kappa shape index (κ2) is 4.90. The summed E-state index contributed by atoms with van der Waals surface area (Å²) < 4.78 is 4.78. The molecular formula is C10H17NO2. The zero-order chi connectivity index (χ0) is 9.68. The highest BCUT2D eigenvalue weighted by Crippen LogP contribution is 2.28. The fraction of sp³-hybridized carbons (Fsp3) is 0.700. The Morgan fingerprint density at radius 2 is 2.15 bits per heavy atom. The van der Waals surface area contributed by atoms with Crippen LogP contribution in [0.2, 0.25) is 0 Å². The van der Waals surface area contributed by atoms with Crippen molar-refractivity contribution >= 4 is 5.97 Å². The van der Waals surface area contributed by atoms with Crippen LogP contribution in [0.3, 0.4) is 0 Å². The van der Waals surface area contributed by atoms with Crippen LogP contribution in [0.1, 0.15) is 32.6 Å². The SMILES string of the molecule is CCOC(=O)C=C(N)C1CCCC1. The fourth-order valence-corrected chi connectivity index (χ4v) is 1.70. The molecule has 1 aliphatic carbocycles. The summed E-state index contributed by atoms with van der Waals surface area (Å²) >= 11 is 0. The van der Waals surface area contributed by atoms with Crippen LogP contribution in [-0.4, -0.2) is 12.6 Å². The first-order valence-corrected chi connectivity index (χ1v) is 4.88. The van der Waals surface area contributed by atoms with E-state index in [-0.39, 0.29) is 5.97 Å². The lowest BCUT2D eigenvalue weighted by molar-refractivity contribution is -0.137. The maximum Gasteiger partial charge on any atom is 0.332 e. The predicted molar refractivity (Wildman–Crippen MR) is 50.9 cm³/mol. The second-order valence-corrected chi connectivity index (χ2v) is 3.38. The van der Waals surface area contributed by atoms with Crippen LogP contribution in [0.4, 0.5) is 0 Å². The second-order valence-electron chi connectivity index (χ2n) is 3.38. The molecule has 74 valence electrons. The van der Waals surface area contributed by atoms with E-state index in [1.165, 1.54) is 18.9 Å². The van der Waals surface area contributed by atoms with E-state index in [0.29, 0.717) is 18.2 Å². The number of carbonyl (C=O) groups excluding carboxylic acids is 1. The molecule has 0 radical (unpaired) electrons. The quantitative estimate of drug-likeness (QED) is 0.534. The first-order chi connectivity index (χ1) is 6.24. The number of hydrogen-bond donors (Lipinski definition) is 1. The molecule has 0 bridgehead atoms. The third kappa shape index (κ3) is 3.09. The molecule has 0 heterocycles. The van der Waals surface area contributed by atoms with Gasteiger partial charge in [0.1, 0.15) is 0 Å². The smallest absolute Gasteiger partial charge is 0.332 e. The molecule has 2 N–H and O–H groups in total. The molecule has 1 saturated carbocycles. The van der Waals surface area contributed by atoms with Crippen LogP contribution in [0.25, 0.3) is 0 Å². The number of ether oxygens (including phenoxy) is 1. The van der Waals surface area contributed by atoms with E-state index in [1.807, 2.05) is 0 Å². The summed E-state index contributed by atoms with van der Waals surface area (Å²) in [5.41, 5.74) is 6.46. The first-order valence-electron chi connectivity index (χ1n) is 4.88. The molecule has 0 unspecified atom stereocenters. The summed E-state index contributed by atoms with van der Waals surface area (Å²) in [6.07, 6.45) is 6.10. The fourth-order valence-electron chi connectivity index (χ4n) is 1.70. The van der Waals surface area contributed by atoms with Gasteiger partial charge >= 0.3 is 5.97 Å². The van der Waals surface area contributed by atoms with Crippen LogP contribution in [0.5, 0.6) is 0 Å². The molecule has 0 aromatic rings. The van der Waals surface area contributed by atoms with Crippen molar-refractivity contribution in [1.82, 2.24) is 0 Å². The minimum atomic E-state index is -0.313. The molecule has 0 aromatic carbocycles. The van der Waals surface area contributed by atoms with Crippen molar-refractivity contribution in [3.05, 3.63) is 11.8 Å². The monoisotopic (exact) mass is 183 g/mol. The van der Waals surface area contributed by atoms with E-state index >= 15 is 0 Å². The van der Waals surface area contributed by atoms with Gasteiger partial charge in [-0.3, -0.25) is 0 Å². The Kier molecular flexibility index (Phi) is 3.80. The lowest BCUT2D eigenvalue weighted by Crippen LogP contribution is -2.12. The molecule has 0 aromatic heterocycles. The average molecular weight is 183 g/mol. The number of carbonyl (C=O) groups is 1. The minimum absolute atomic E-state index is 0.313. The Balaban J connectivity index is 2.44. The minimum Gasteiger partial charge on any atom is -0.463 e. The third-order valence-corrected chi connectivity index (χ3v) is 2.40. The molecule has 0 saturated heterocycles. The van der Waals surface area contributed by atoms with E-state index in [2.05, 4.69) is 0 Å². The van der Waals surface area contributed by atoms with E-state index < -0.39 is 0 Å². The predicted octanol–water partition coefficient (Wildman–Crippen LogP) is 1.58. The van der Waals surface area contributed by atoms with Crippen molar-refractivity contribution in [1.29, 1.82) is 0 Å². The average Bonchev–Trinajstić information content (AvgIpc) is 2.55. The number of esters is 1. The molecule has 0 amide bonds. The standard InChI is InChI=1S/C10H17NO2/c1-2-13-10(12)7-9(11)8-5-3-4-6-8/h7-8H,2-6,11H2,1H3. The topological polar surface area (TPSA) is 52.3 Å². The van der Waals surface area contributed by atoms with Crippen LogP contribution in [0.15, 0.2) is 11.8 Å². The summed E-state index contributed by atoms with van der Waals surface area (Å²) in [7, 11) is 0. The van der Waals surface area contributed by atoms with Gasteiger partial charge in [0.05, 0.1) is 6.61 Å². The van der Waals surface area contributed by atoms with Crippen LogP contribution >= 0.6 is 0 Å². The molecular weight excluding hydrogens is 166 g/mol. The molecule has 0 atom stereocenters. The Hall–Kier alpha value is -0.990. The lowest BCUT2D eigenvalue weighted by Gasteiger charge is -2.08. The maximum atomic E-state index is 11.0. The van der Waals surface area contributed by atoms with Gasteiger partial charge in [0, 0.05) is 11.8 Å².